The number of rotatable bonds is 1. The summed E-state index contributed by atoms with van der Waals surface area (Å²) < 4.78 is 0. The molecule has 0 amide bonds. The summed E-state index contributed by atoms with van der Waals surface area (Å²) in [6.07, 6.45) is 4.65. The summed E-state index contributed by atoms with van der Waals surface area (Å²) in [6, 6.07) is 3.79. The van der Waals surface area contributed by atoms with Crippen molar-refractivity contribution in [2.24, 2.45) is 0 Å². The van der Waals surface area contributed by atoms with Gasteiger partial charge in [0, 0.05) is 11.8 Å². The molecule has 1 aliphatic rings. The Labute approximate surface area is 86.4 Å². The van der Waals surface area contributed by atoms with Gasteiger partial charge in [0.05, 0.1) is 11.4 Å². The second-order valence-corrected chi connectivity index (χ2v) is 3.78. The van der Waals surface area contributed by atoms with Gasteiger partial charge in [-0.2, -0.15) is 0 Å². The predicted octanol–water partition coefficient (Wildman–Crippen LogP) is 1.25. The average molecular weight is 201 g/mol. The van der Waals surface area contributed by atoms with Gasteiger partial charge in [-0.15, -0.1) is 0 Å². The van der Waals surface area contributed by atoms with Crippen molar-refractivity contribution in [3.63, 3.8) is 0 Å². The monoisotopic (exact) mass is 201 g/mol. The second-order valence-electron chi connectivity index (χ2n) is 3.78. The molecule has 0 radical (unpaired) electrons. The maximum atomic E-state index is 11.7. The zero-order chi connectivity index (χ0) is 10.3. The minimum absolute atomic E-state index is 0.0158. The molecule has 4 nitrogen and oxygen atoms in total. The fraction of sp³-hybridized carbons (Fsp3) is 0.273. The number of aromatic amines is 2. The van der Waals surface area contributed by atoms with Crippen molar-refractivity contribution in [1.29, 1.82) is 0 Å². The Bertz CT molecular complexity index is 539. The Hall–Kier alpha value is -1.84. The Morgan fingerprint density at radius 3 is 3.07 bits per heavy atom. The molecule has 0 unspecified atom stereocenters. The van der Waals surface area contributed by atoms with E-state index in [2.05, 4.69) is 15.0 Å². The summed E-state index contributed by atoms with van der Waals surface area (Å²) in [7, 11) is 0. The van der Waals surface area contributed by atoms with Crippen LogP contribution in [0.15, 0.2) is 23.1 Å². The first-order valence-corrected chi connectivity index (χ1v) is 5.10. The van der Waals surface area contributed by atoms with Gasteiger partial charge in [-0.1, -0.05) is 0 Å². The summed E-state index contributed by atoms with van der Waals surface area (Å²) in [6.45, 7) is 0. The number of aromatic nitrogens is 3. The first-order chi connectivity index (χ1) is 7.34. The highest BCUT2D eigenvalue weighted by Crippen LogP contribution is 2.18. The highest BCUT2D eigenvalue weighted by Gasteiger charge is 2.17. The van der Waals surface area contributed by atoms with Gasteiger partial charge in [0.25, 0.3) is 5.56 Å². The highest BCUT2D eigenvalue weighted by molar-refractivity contribution is 5.49. The number of nitrogens with zero attached hydrogens (tertiary/aromatic N) is 1. The number of nitrogens with one attached hydrogen (secondary N) is 2. The molecule has 0 aliphatic heterocycles. The van der Waals surface area contributed by atoms with Gasteiger partial charge in [-0.05, 0) is 31.4 Å². The number of H-pyrrole nitrogens is 2. The molecule has 4 heteroatoms. The quantitative estimate of drug-likeness (QED) is 0.729. The lowest BCUT2D eigenvalue weighted by Crippen LogP contribution is -2.15. The Morgan fingerprint density at radius 2 is 2.27 bits per heavy atom. The van der Waals surface area contributed by atoms with Crippen LogP contribution in [0.5, 0.6) is 0 Å². The van der Waals surface area contributed by atoms with Crippen LogP contribution in [0.25, 0.3) is 11.5 Å². The molecule has 1 aliphatic carbocycles. The van der Waals surface area contributed by atoms with Crippen molar-refractivity contribution in [3.8, 4) is 11.5 Å². The Morgan fingerprint density at radius 1 is 1.33 bits per heavy atom. The molecule has 0 fully saturated rings. The van der Waals surface area contributed by atoms with Crippen LogP contribution >= 0.6 is 0 Å². The molecule has 0 spiro atoms. The van der Waals surface area contributed by atoms with Crippen molar-refractivity contribution >= 4 is 0 Å². The van der Waals surface area contributed by atoms with E-state index in [1.54, 1.807) is 0 Å². The zero-order valence-electron chi connectivity index (χ0n) is 8.21. The van der Waals surface area contributed by atoms with Gasteiger partial charge in [-0.25, -0.2) is 4.98 Å². The van der Waals surface area contributed by atoms with E-state index in [1.165, 1.54) is 0 Å². The minimum atomic E-state index is 0.0158. The number of hydrogen-bond acceptors (Lipinski definition) is 2. The summed E-state index contributed by atoms with van der Waals surface area (Å²) in [5.41, 5.74) is 2.71. The van der Waals surface area contributed by atoms with Gasteiger partial charge in [0.2, 0.25) is 0 Å². The standard InChI is InChI=1S/C11H11N3O/c15-11-7-3-1-4-8(7)13-10(14-11)9-5-2-6-12-9/h2,5-6,12H,1,3-4H2,(H,13,14,15). The van der Waals surface area contributed by atoms with E-state index in [4.69, 9.17) is 0 Å². The molecule has 0 bridgehead atoms. The molecule has 0 atom stereocenters. The molecule has 0 saturated heterocycles. The normalized spacial score (nSPS) is 14.1. The molecule has 2 aromatic heterocycles. The lowest BCUT2D eigenvalue weighted by atomic mass is 10.2. The lowest BCUT2D eigenvalue weighted by Gasteiger charge is -2.01. The van der Waals surface area contributed by atoms with Crippen LogP contribution in [-0.4, -0.2) is 15.0 Å². The van der Waals surface area contributed by atoms with E-state index >= 15 is 0 Å². The van der Waals surface area contributed by atoms with E-state index in [1.807, 2.05) is 18.3 Å². The predicted molar refractivity (Wildman–Crippen MR) is 56.7 cm³/mol. The van der Waals surface area contributed by atoms with Gasteiger partial charge in [0.1, 0.15) is 0 Å². The van der Waals surface area contributed by atoms with Crippen LogP contribution in [0.2, 0.25) is 0 Å². The van der Waals surface area contributed by atoms with Gasteiger partial charge in [-0.3, -0.25) is 4.79 Å². The third-order valence-electron chi connectivity index (χ3n) is 2.79. The third kappa shape index (κ3) is 1.29. The van der Waals surface area contributed by atoms with Gasteiger partial charge in [0.15, 0.2) is 5.82 Å². The molecule has 76 valence electrons. The zero-order valence-corrected chi connectivity index (χ0v) is 8.21. The second kappa shape index (κ2) is 3.08. The largest absolute Gasteiger partial charge is 0.359 e. The lowest BCUT2D eigenvalue weighted by molar-refractivity contribution is 0.899. The number of fused-ring (bicyclic) bond motifs is 1. The fourth-order valence-electron chi connectivity index (χ4n) is 2.05. The molecular formula is C11H11N3O. The van der Waals surface area contributed by atoms with Crippen LogP contribution in [0, 0.1) is 0 Å². The fourth-order valence-corrected chi connectivity index (χ4v) is 2.05. The van der Waals surface area contributed by atoms with Crippen molar-refractivity contribution in [3.05, 3.63) is 39.9 Å². The first kappa shape index (κ1) is 8.47. The van der Waals surface area contributed by atoms with E-state index in [0.29, 0.717) is 5.82 Å². The van der Waals surface area contributed by atoms with Crippen LogP contribution < -0.4 is 5.56 Å². The summed E-state index contributed by atoms with van der Waals surface area (Å²) in [5, 5.41) is 0. The van der Waals surface area contributed by atoms with Crippen LogP contribution in [-0.2, 0) is 12.8 Å². The van der Waals surface area contributed by atoms with Crippen molar-refractivity contribution < 1.29 is 0 Å². The molecular weight excluding hydrogens is 190 g/mol. The summed E-state index contributed by atoms with van der Waals surface area (Å²) in [5.74, 6) is 0.644. The van der Waals surface area contributed by atoms with E-state index in [9.17, 15) is 4.79 Å². The smallest absolute Gasteiger partial charge is 0.254 e. The Balaban J connectivity index is 2.20. The maximum Gasteiger partial charge on any atom is 0.254 e. The molecule has 2 heterocycles. The van der Waals surface area contributed by atoms with E-state index < -0.39 is 0 Å². The minimum Gasteiger partial charge on any atom is -0.359 e. The number of hydrogen-bond donors (Lipinski definition) is 2. The number of aryl methyl sites for hydroxylation is 1. The molecule has 0 aromatic carbocycles. The molecule has 2 N–H and O–H groups in total. The van der Waals surface area contributed by atoms with Gasteiger partial charge >= 0.3 is 0 Å². The molecule has 15 heavy (non-hydrogen) atoms. The first-order valence-electron chi connectivity index (χ1n) is 5.10. The maximum absolute atomic E-state index is 11.7. The molecule has 0 saturated carbocycles. The summed E-state index contributed by atoms with van der Waals surface area (Å²) in [4.78, 5) is 22.0. The average Bonchev–Trinajstić information content (AvgIpc) is 2.88. The highest BCUT2D eigenvalue weighted by atomic mass is 16.1. The van der Waals surface area contributed by atoms with E-state index in [-0.39, 0.29) is 5.56 Å². The SMILES string of the molecule is O=c1[nH]c(-c2ccc[nH]2)nc2c1CCC2. The van der Waals surface area contributed by atoms with Crippen molar-refractivity contribution in [2.75, 3.05) is 0 Å². The van der Waals surface area contributed by atoms with Gasteiger partial charge < -0.3 is 9.97 Å². The van der Waals surface area contributed by atoms with Crippen molar-refractivity contribution in [2.45, 2.75) is 19.3 Å². The Kier molecular flexibility index (Phi) is 1.74. The molecule has 2 aromatic rings. The third-order valence-corrected chi connectivity index (χ3v) is 2.79. The van der Waals surface area contributed by atoms with E-state index in [0.717, 1.165) is 36.2 Å². The molecule has 3 rings (SSSR count). The topological polar surface area (TPSA) is 61.5 Å². The van der Waals surface area contributed by atoms with Crippen LogP contribution in [0.4, 0.5) is 0 Å². The summed E-state index contributed by atoms with van der Waals surface area (Å²) >= 11 is 0. The van der Waals surface area contributed by atoms with Crippen molar-refractivity contribution in [1.82, 2.24) is 15.0 Å². The van der Waals surface area contributed by atoms with Crippen LogP contribution in [0.1, 0.15) is 17.7 Å². The van der Waals surface area contributed by atoms with Crippen LogP contribution in [0.3, 0.4) is 0 Å².